The second-order valence-electron chi connectivity index (χ2n) is 6.72. The van der Waals surface area contributed by atoms with Gasteiger partial charge in [-0.2, -0.15) is 0 Å². The van der Waals surface area contributed by atoms with Gasteiger partial charge in [-0.1, -0.05) is 30.3 Å². The second kappa shape index (κ2) is 9.64. The minimum atomic E-state index is -0.222. The number of aliphatic hydroxyl groups excluding tert-OH is 1. The Bertz CT molecular complexity index is 485. The zero-order valence-corrected chi connectivity index (χ0v) is 14.8. The molecule has 1 aromatic rings. The molecule has 1 fully saturated rings. The number of rotatable bonds is 7. The van der Waals surface area contributed by atoms with E-state index in [4.69, 9.17) is 9.84 Å². The first kappa shape index (κ1) is 18.7. The van der Waals surface area contributed by atoms with E-state index >= 15 is 0 Å². The number of benzene rings is 1. The first-order chi connectivity index (χ1) is 11.6. The lowest BCUT2D eigenvalue weighted by molar-refractivity contribution is 0.0553. The van der Waals surface area contributed by atoms with Crippen molar-refractivity contribution in [1.82, 2.24) is 10.2 Å². The summed E-state index contributed by atoms with van der Waals surface area (Å²) in [5.74, 6) is 0. The van der Waals surface area contributed by atoms with Crippen LogP contribution in [0.15, 0.2) is 30.3 Å². The molecule has 5 nitrogen and oxygen atoms in total. The third-order valence-electron chi connectivity index (χ3n) is 4.61. The molecule has 1 aliphatic carbocycles. The van der Waals surface area contributed by atoms with E-state index in [1.807, 2.05) is 49.1 Å². The van der Waals surface area contributed by atoms with Gasteiger partial charge in [0.1, 0.15) is 6.61 Å². The molecule has 5 heteroatoms. The second-order valence-corrected chi connectivity index (χ2v) is 6.72. The molecule has 0 heterocycles. The van der Waals surface area contributed by atoms with E-state index in [2.05, 4.69) is 5.32 Å². The maximum Gasteiger partial charge on any atom is 0.410 e. The van der Waals surface area contributed by atoms with Crippen molar-refractivity contribution in [2.75, 3.05) is 13.2 Å². The highest BCUT2D eigenvalue weighted by atomic mass is 16.6. The van der Waals surface area contributed by atoms with Gasteiger partial charge in [0.25, 0.3) is 0 Å². The predicted molar refractivity (Wildman–Crippen MR) is 94.7 cm³/mol. The van der Waals surface area contributed by atoms with Crippen LogP contribution >= 0.6 is 0 Å². The quantitative estimate of drug-likeness (QED) is 0.805. The Morgan fingerprint density at radius 3 is 2.50 bits per heavy atom. The maximum atomic E-state index is 12.6. The van der Waals surface area contributed by atoms with E-state index in [0.717, 1.165) is 31.2 Å². The van der Waals surface area contributed by atoms with Gasteiger partial charge in [-0.3, -0.25) is 0 Å². The SMILES string of the molecule is CC(C)N(C(=O)OCc1ccccc1)C1CCC(NCCO)CC1. The van der Waals surface area contributed by atoms with Crippen LogP contribution in [0.3, 0.4) is 0 Å². The van der Waals surface area contributed by atoms with Gasteiger partial charge < -0.3 is 20.1 Å². The van der Waals surface area contributed by atoms with Crippen LogP contribution in [0.25, 0.3) is 0 Å². The van der Waals surface area contributed by atoms with Crippen molar-refractivity contribution in [2.45, 2.75) is 64.3 Å². The predicted octanol–water partition coefficient (Wildman–Crippen LogP) is 2.93. The highest BCUT2D eigenvalue weighted by Gasteiger charge is 2.31. The zero-order valence-electron chi connectivity index (χ0n) is 14.8. The highest BCUT2D eigenvalue weighted by molar-refractivity contribution is 5.68. The molecule has 0 aliphatic heterocycles. The molecule has 1 amide bonds. The topological polar surface area (TPSA) is 61.8 Å². The fourth-order valence-corrected chi connectivity index (χ4v) is 3.40. The average Bonchev–Trinajstić information content (AvgIpc) is 2.60. The summed E-state index contributed by atoms with van der Waals surface area (Å²) >= 11 is 0. The van der Waals surface area contributed by atoms with Crippen LogP contribution in [0.5, 0.6) is 0 Å². The zero-order chi connectivity index (χ0) is 17.4. The van der Waals surface area contributed by atoms with Gasteiger partial charge in [0.05, 0.1) is 6.61 Å². The lowest BCUT2D eigenvalue weighted by Gasteiger charge is -2.38. The summed E-state index contributed by atoms with van der Waals surface area (Å²) in [5.41, 5.74) is 1.01. The Labute approximate surface area is 145 Å². The van der Waals surface area contributed by atoms with E-state index in [-0.39, 0.29) is 24.8 Å². The van der Waals surface area contributed by atoms with Gasteiger partial charge in [-0.05, 0) is 45.1 Å². The standard InChI is InChI=1S/C19H30N2O3/c1-15(2)21(18-10-8-17(9-11-18)20-12-13-22)19(23)24-14-16-6-4-3-5-7-16/h3-7,15,17-18,20,22H,8-14H2,1-2H3. The number of nitrogens with one attached hydrogen (secondary N) is 1. The molecule has 0 bridgehead atoms. The van der Waals surface area contributed by atoms with E-state index in [0.29, 0.717) is 19.2 Å². The van der Waals surface area contributed by atoms with Crippen molar-refractivity contribution in [3.05, 3.63) is 35.9 Å². The molecule has 0 saturated heterocycles. The number of ether oxygens (including phenoxy) is 1. The van der Waals surface area contributed by atoms with Crippen molar-refractivity contribution >= 4 is 6.09 Å². The molecule has 1 aromatic carbocycles. The number of amides is 1. The molecule has 0 atom stereocenters. The summed E-state index contributed by atoms with van der Waals surface area (Å²) in [6.07, 6.45) is 3.78. The van der Waals surface area contributed by atoms with Crippen LogP contribution in [0.2, 0.25) is 0 Å². The summed E-state index contributed by atoms with van der Waals surface area (Å²) in [6, 6.07) is 10.6. The van der Waals surface area contributed by atoms with Crippen LogP contribution < -0.4 is 5.32 Å². The lowest BCUT2D eigenvalue weighted by atomic mass is 9.89. The first-order valence-electron chi connectivity index (χ1n) is 8.95. The van der Waals surface area contributed by atoms with Crippen LogP contribution in [0.4, 0.5) is 4.79 Å². The fraction of sp³-hybridized carbons (Fsp3) is 0.632. The number of nitrogens with zero attached hydrogens (tertiary/aromatic N) is 1. The highest BCUT2D eigenvalue weighted by Crippen LogP contribution is 2.25. The van der Waals surface area contributed by atoms with Gasteiger partial charge in [0.2, 0.25) is 0 Å². The minimum Gasteiger partial charge on any atom is -0.445 e. The summed E-state index contributed by atoms with van der Waals surface area (Å²) < 4.78 is 5.53. The molecule has 0 unspecified atom stereocenters. The van der Waals surface area contributed by atoms with Crippen LogP contribution in [-0.2, 0) is 11.3 Å². The van der Waals surface area contributed by atoms with E-state index in [1.165, 1.54) is 0 Å². The Kier molecular flexibility index (Phi) is 7.53. The van der Waals surface area contributed by atoms with Crippen molar-refractivity contribution in [3.8, 4) is 0 Å². The number of hydrogen-bond acceptors (Lipinski definition) is 4. The van der Waals surface area contributed by atoms with E-state index < -0.39 is 0 Å². The van der Waals surface area contributed by atoms with E-state index in [1.54, 1.807) is 0 Å². The third kappa shape index (κ3) is 5.49. The van der Waals surface area contributed by atoms with Crippen molar-refractivity contribution < 1.29 is 14.6 Å². The Morgan fingerprint density at radius 1 is 1.25 bits per heavy atom. The number of aliphatic hydroxyl groups is 1. The van der Waals surface area contributed by atoms with Crippen LogP contribution in [-0.4, -0.2) is 47.4 Å². The minimum absolute atomic E-state index is 0.125. The fourth-order valence-electron chi connectivity index (χ4n) is 3.40. The van der Waals surface area contributed by atoms with Gasteiger partial charge >= 0.3 is 6.09 Å². The molecule has 134 valence electrons. The number of carbonyl (C=O) groups excluding carboxylic acids is 1. The summed E-state index contributed by atoms with van der Waals surface area (Å²) in [7, 11) is 0. The maximum absolute atomic E-state index is 12.6. The van der Waals surface area contributed by atoms with E-state index in [9.17, 15) is 4.79 Å². The third-order valence-corrected chi connectivity index (χ3v) is 4.61. The molecular formula is C19H30N2O3. The van der Waals surface area contributed by atoms with Crippen LogP contribution in [0.1, 0.15) is 45.1 Å². The van der Waals surface area contributed by atoms with Crippen LogP contribution in [0, 0.1) is 0 Å². The molecular weight excluding hydrogens is 304 g/mol. The number of carbonyl (C=O) groups is 1. The van der Waals surface area contributed by atoms with Crippen molar-refractivity contribution in [2.24, 2.45) is 0 Å². The lowest BCUT2D eigenvalue weighted by Crippen LogP contribution is -2.48. The average molecular weight is 334 g/mol. The monoisotopic (exact) mass is 334 g/mol. The summed E-state index contributed by atoms with van der Waals surface area (Å²) in [6.45, 7) is 5.21. The summed E-state index contributed by atoms with van der Waals surface area (Å²) in [4.78, 5) is 14.5. The molecule has 2 N–H and O–H groups in total. The molecule has 2 rings (SSSR count). The first-order valence-corrected chi connectivity index (χ1v) is 8.95. The summed E-state index contributed by atoms with van der Waals surface area (Å²) in [5, 5.41) is 12.3. The van der Waals surface area contributed by atoms with Crippen molar-refractivity contribution in [1.29, 1.82) is 0 Å². The Hall–Kier alpha value is -1.59. The largest absolute Gasteiger partial charge is 0.445 e. The normalized spacial score (nSPS) is 20.8. The Morgan fingerprint density at radius 2 is 1.92 bits per heavy atom. The van der Waals surface area contributed by atoms with Gasteiger partial charge in [-0.15, -0.1) is 0 Å². The smallest absolute Gasteiger partial charge is 0.410 e. The number of hydrogen-bond donors (Lipinski definition) is 2. The molecule has 0 spiro atoms. The Balaban J connectivity index is 1.86. The van der Waals surface area contributed by atoms with Gasteiger partial charge in [0, 0.05) is 24.7 Å². The van der Waals surface area contributed by atoms with Gasteiger partial charge in [-0.25, -0.2) is 4.79 Å². The molecule has 1 saturated carbocycles. The van der Waals surface area contributed by atoms with Gasteiger partial charge in [0.15, 0.2) is 0 Å². The molecule has 1 aliphatic rings. The molecule has 0 radical (unpaired) electrons. The van der Waals surface area contributed by atoms with Crippen molar-refractivity contribution in [3.63, 3.8) is 0 Å². The molecule has 24 heavy (non-hydrogen) atoms. The molecule has 0 aromatic heterocycles.